The van der Waals surface area contributed by atoms with Crippen molar-refractivity contribution in [1.82, 2.24) is 0 Å². The van der Waals surface area contributed by atoms with E-state index in [2.05, 4.69) is 5.32 Å². The number of rotatable bonds is 9. The first-order chi connectivity index (χ1) is 16.1. The lowest BCUT2D eigenvalue weighted by molar-refractivity contribution is -0.196. The van der Waals surface area contributed by atoms with Crippen molar-refractivity contribution < 1.29 is 38.5 Å². The summed E-state index contributed by atoms with van der Waals surface area (Å²) in [6, 6.07) is 0. The molecule has 0 aliphatic heterocycles. The fourth-order valence-electron chi connectivity index (χ4n) is 6.27. The highest BCUT2D eigenvalue weighted by Crippen LogP contribution is 2.62. The summed E-state index contributed by atoms with van der Waals surface area (Å²) in [5, 5.41) is 13.5. The molecule has 1 aromatic rings. The number of ether oxygens (including phenoxy) is 3. The number of nitrogens with two attached hydrogens (primary N) is 1. The molecule has 4 aliphatic rings. The molecule has 0 spiro atoms. The fourth-order valence-corrected chi connectivity index (χ4v) is 7.34. The monoisotopic (exact) mass is 494 g/mol. The van der Waals surface area contributed by atoms with Crippen LogP contribution in [-0.2, 0) is 23.8 Å². The van der Waals surface area contributed by atoms with E-state index in [0.717, 1.165) is 30.6 Å². The van der Waals surface area contributed by atoms with E-state index in [-0.39, 0.29) is 28.7 Å². The van der Waals surface area contributed by atoms with Gasteiger partial charge >= 0.3 is 11.9 Å². The molecule has 0 radical (unpaired) electrons. The van der Waals surface area contributed by atoms with Crippen molar-refractivity contribution in [1.29, 1.82) is 0 Å². The Bertz CT molecular complexity index is 1000. The molecule has 11 heteroatoms. The van der Waals surface area contributed by atoms with Crippen molar-refractivity contribution in [2.45, 2.75) is 51.0 Å². The SMILES string of the molecule is COCCOC(=O)c1c(NC(=O)COC(=O)C23C[C@@H]4C[C@@H](CC(O)(C4)C2)C3)sc(C(N)=O)c1C. The number of thiophene rings is 1. The van der Waals surface area contributed by atoms with Crippen LogP contribution in [0, 0.1) is 24.2 Å². The lowest BCUT2D eigenvalue weighted by Crippen LogP contribution is -2.58. The first-order valence-corrected chi connectivity index (χ1v) is 12.2. The van der Waals surface area contributed by atoms with Gasteiger partial charge in [-0.2, -0.15) is 0 Å². The van der Waals surface area contributed by atoms with Crippen LogP contribution in [0.25, 0.3) is 0 Å². The molecule has 4 N–H and O–H groups in total. The largest absolute Gasteiger partial charge is 0.460 e. The van der Waals surface area contributed by atoms with Gasteiger partial charge in [-0.25, -0.2) is 4.79 Å². The molecular formula is C23H30N2O8S. The van der Waals surface area contributed by atoms with Gasteiger partial charge in [0.25, 0.3) is 11.8 Å². The van der Waals surface area contributed by atoms with E-state index in [9.17, 15) is 24.3 Å². The number of anilines is 1. The standard InChI is InChI=1S/C23H30N2O8S/c1-12-16(20(28)32-4-3-31-2)19(34-17(12)18(24)27)25-15(26)10-33-21(29)22-6-13-5-14(7-22)9-23(30,8-13)11-22/h13-14,30H,3-11H2,1-2H3,(H2,24,27)(H,25,26)/t13-,14+,22?,23?. The molecule has 186 valence electrons. The van der Waals surface area contributed by atoms with Crippen molar-refractivity contribution in [3.05, 3.63) is 16.0 Å². The van der Waals surface area contributed by atoms with Crippen molar-refractivity contribution in [2.75, 3.05) is 32.2 Å². The molecular weight excluding hydrogens is 464 g/mol. The third-order valence-electron chi connectivity index (χ3n) is 7.15. The third-order valence-corrected chi connectivity index (χ3v) is 8.37. The summed E-state index contributed by atoms with van der Waals surface area (Å²) in [6.07, 6.45) is 4.20. The summed E-state index contributed by atoms with van der Waals surface area (Å²) >= 11 is 0.859. The van der Waals surface area contributed by atoms with Gasteiger partial charge in [-0.15, -0.1) is 11.3 Å². The second-order valence-corrected chi connectivity index (χ2v) is 10.9. The normalized spacial score (nSPS) is 29.0. The van der Waals surface area contributed by atoms with Gasteiger partial charge in [0, 0.05) is 7.11 Å². The lowest BCUT2D eigenvalue weighted by Gasteiger charge is -2.58. The number of carbonyl (C=O) groups excluding carboxylic acids is 4. The number of methoxy groups -OCH3 is 1. The Morgan fingerprint density at radius 2 is 1.79 bits per heavy atom. The van der Waals surface area contributed by atoms with Gasteiger partial charge in [-0.1, -0.05) is 0 Å². The zero-order chi connectivity index (χ0) is 24.7. The van der Waals surface area contributed by atoms with Gasteiger partial charge < -0.3 is 30.4 Å². The maximum atomic E-state index is 13.0. The van der Waals surface area contributed by atoms with Crippen LogP contribution in [0.4, 0.5) is 5.00 Å². The first kappa shape index (κ1) is 24.6. The van der Waals surface area contributed by atoms with Gasteiger partial charge in [0.15, 0.2) is 6.61 Å². The average Bonchev–Trinajstić information content (AvgIpc) is 3.06. The molecule has 5 rings (SSSR count). The van der Waals surface area contributed by atoms with Gasteiger partial charge in [0.1, 0.15) is 11.6 Å². The molecule has 2 amide bonds. The van der Waals surface area contributed by atoms with Crippen LogP contribution < -0.4 is 11.1 Å². The number of hydrogen-bond acceptors (Lipinski definition) is 9. The van der Waals surface area contributed by atoms with Gasteiger partial charge in [-0.3, -0.25) is 14.4 Å². The number of esters is 2. The van der Waals surface area contributed by atoms with Crippen LogP contribution in [0.3, 0.4) is 0 Å². The maximum absolute atomic E-state index is 13.0. The summed E-state index contributed by atoms with van der Waals surface area (Å²) < 4.78 is 15.4. The second-order valence-electron chi connectivity index (χ2n) is 9.84. The van der Waals surface area contributed by atoms with Gasteiger partial charge in [-0.05, 0) is 62.8 Å². The van der Waals surface area contributed by atoms with E-state index >= 15 is 0 Å². The molecule has 4 atom stereocenters. The fraction of sp³-hybridized carbons (Fsp3) is 0.652. The highest BCUT2D eigenvalue weighted by Gasteiger charge is 2.60. The number of amides is 2. The summed E-state index contributed by atoms with van der Waals surface area (Å²) in [5.74, 6) is -1.97. The highest BCUT2D eigenvalue weighted by atomic mass is 32.1. The zero-order valence-electron chi connectivity index (χ0n) is 19.3. The Balaban J connectivity index is 1.42. The Labute approximate surface area is 201 Å². The molecule has 0 saturated heterocycles. The third kappa shape index (κ3) is 4.69. The van der Waals surface area contributed by atoms with E-state index in [1.54, 1.807) is 0 Å². The minimum Gasteiger partial charge on any atom is -0.460 e. The molecule has 0 aromatic carbocycles. The van der Waals surface area contributed by atoms with Crippen LogP contribution in [0.5, 0.6) is 0 Å². The van der Waals surface area contributed by atoms with E-state index in [1.165, 1.54) is 14.0 Å². The van der Waals surface area contributed by atoms with Gasteiger partial charge in [0.05, 0.1) is 28.1 Å². The Morgan fingerprint density at radius 1 is 1.12 bits per heavy atom. The molecule has 10 nitrogen and oxygen atoms in total. The maximum Gasteiger partial charge on any atom is 0.341 e. The second kappa shape index (κ2) is 9.27. The number of hydrogen-bond donors (Lipinski definition) is 3. The van der Waals surface area contributed by atoms with E-state index in [4.69, 9.17) is 19.9 Å². The smallest absolute Gasteiger partial charge is 0.341 e. The van der Waals surface area contributed by atoms with Crippen molar-refractivity contribution in [2.24, 2.45) is 23.0 Å². The van der Waals surface area contributed by atoms with E-state index in [1.807, 2.05) is 0 Å². The first-order valence-electron chi connectivity index (χ1n) is 11.3. The Kier molecular flexibility index (Phi) is 6.71. The molecule has 4 bridgehead atoms. The number of nitrogens with one attached hydrogen (secondary N) is 1. The highest BCUT2D eigenvalue weighted by molar-refractivity contribution is 7.18. The molecule has 4 fully saturated rings. The Morgan fingerprint density at radius 3 is 2.38 bits per heavy atom. The van der Waals surface area contributed by atoms with Gasteiger partial charge in [0.2, 0.25) is 0 Å². The van der Waals surface area contributed by atoms with Crippen LogP contribution in [0.2, 0.25) is 0 Å². The molecule has 4 aliphatic carbocycles. The molecule has 2 unspecified atom stereocenters. The number of carbonyl (C=O) groups is 4. The zero-order valence-corrected chi connectivity index (χ0v) is 20.1. The van der Waals surface area contributed by atoms with Crippen LogP contribution in [0.15, 0.2) is 0 Å². The van der Waals surface area contributed by atoms with Crippen LogP contribution in [-0.4, -0.2) is 61.4 Å². The minimum atomic E-state index is -0.816. The van der Waals surface area contributed by atoms with Crippen molar-refractivity contribution in [3.63, 3.8) is 0 Å². The lowest BCUT2D eigenvalue weighted by atomic mass is 9.48. The summed E-state index contributed by atoms with van der Waals surface area (Å²) in [7, 11) is 1.46. The minimum absolute atomic E-state index is 0.00204. The van der Waals surface area contributed by atoms with Crippen LogP contribution >= 0.6 is 11.3 Å². The molecule has 1 aromatic heterocycles. The Hall–Kier alpha value is -2.50. The van der Waals surface area contributed by atoms with Crippen molar-refractivity contribution in [3.8, 4) is 0 Å². The molecule has 4 saturated carbocycles. The molecule has 34 heavy (non-hydrogen) atoms. The van der Waals surface area contributed by atoms with E-state index in [0.29, 0.717) is 36.7 Å². The quantitative estimate of drug-likeness (QED) is 0.347. The van der Waals surface area contributed by atoms with E-state index < -0.39 is 41.4 Å². The predicted octanol–water partition coefficient (Wildman–Crippen LogP) is 1.77. The predicted molar refractivity (Wildman–Crippen MR) is 121 cm³/mol. The summed E-state index contributed by atoms with van der Waals surface area (Å²) in [5.41, 5.74) is 4.17. The average molecular weight is 495 g/mol. The van der Waals surface area contributed by atoms with Crippen molar-refractivity contribution >= 4 is 40.1 Å². The number of primary amides is 1. The number of aliphatic hydroxyl groups is 1. The molecule has 1 heterocycles. The summed E-state index contributed by atoms with van der Waals surface area (Å²) in [4.78, 5) is 50.1. The summed E-state index contributed by atoms with van der Waals surface area (Å²) in [6.45, 7) is 1.18. The van der Waals surface area contributed by atoms with Crippen LogP contribution in [0.1, 0.15) is 64.1 Å². The topological polar surface area (TPSA) is 154 Å².